The van der Waals surface area contributed by atoms with Crippen molar-refractivity contribution in [2.24, 2.45) is 0 Å². The fourth-order valence-electron chi connectivity index (χ4n) is 5.24. The summed E-state index contributed by atoms with van der Waals surface area (Å²) >= 11 is 0. The number of urea groups is 1. The standard InChI is InChI=1S/C30H38N4O6/c1-7-40-29(36)26-24(32(4)30(37)31-27(26)23-13-12-22(38-5)16-25(23)39-6)18-33-14-15-34(20(3)17-33)28(35)21-10-8-19(2)9-11-21/h8-13,16,20,27H,7,14-15,17-18H2,1-6H3,(H,31,37). The van der Waals surface area contributed by atoms with Crippen LogP contribution < -0.4 is 14.8 Å². The average Bonchev–Trinajstić information content (AvgIpc) is 2.95. The van der Waals surface area contributed by atoms with E-state index in [-0.39, 0.29) is 24.6 Å². The molecule has 2 aromatic carbocycles. The molecule has 0 bridgehead atoms. The summed E-state index contributed by atoms with van der Waals surface area (Å²) in [6.45, 7) is 7.99. The van der Waals surface area contributed by atoms with Gasteiger partial charge in [0.1, 0.15) is 11.5 Å². The lowest BCUT2D eigenvalue weighted by Gasteiger charge is -2.42. The quantitative estimate of drug-likeness (QED) is 0.503. The summed E-state index contributed by atoms with van der Waals surface area (Å²) in [7, 11) is 4.73. The number of carbonyl (C=O) groups excluding carboxylic acids is 3. The second-order valence-electron chi connectivity index (χ2n) is 10.1. The smallest absolute Gasteiger partial charge is 0.338 e. The van der Waals surface area contributed by atoms with E-state index in [0.29, 0.717) is 60.1 Å². The molecule has 2 unspecified atom stereocenters. The Morgan fingerprint density at radius 3 is 2.40 bits per heavy atom. The van der Waals surface area contributed by atoms with Crippen molar-refractivity contribution in [3.8, 4) is 11.5 Å². The lowest BCUT2D eigenvalue weighted by Crippen LogP contribution is -2.56. The molecule has 1 N–H and O–H groups in total. The van der Waals surface area contributed by atoms with Crippen LogP contribution in [0.4, 0.5) is 4.79 Å². The minimum Gasteiger partial charge on any atom is -0.497 e. The Morgan fingerprint density at radius 2 is 1.77 bits per heavy atom. The van der Waals surface area contributed by atoms with Crippen LogP contribution in [-0.4, -0.2) is 92.7 Å². The van der Waals surface area contributed by atoms with Crippen LogP contribution in [0, 0.1) is 6.92 Å². The molecule has 2 heterocycles. The zero-order valence-corrected chi connectivity index (χ0v) is 24.0. The van der Waals surface area contributed by atoms with Crippen LogP contribution in [0.1, 0.15) is 41.4 Å². The van der Waals surface area contributed by atoms with Crippen LogP contribution in [0.15, 0.2) is 53.7 Å². The van der Waals surface area contributed by atoms with Crippen LogP contribution in [0.2, 0.25) is 0 Å². The number of amides is 3. The third-order valence-corrected chi connectivity index (χ3v) is 7.47. The molecular formula is C30H38N4O6. The maximum atomic E-state index is 13.4. The van der Waals surface area contributed by atoms with Gasteiger partial charge in [-0.1, -0.05) is 17.7 Å². The lowest BCUT2D eigenvalue weighted by atomic mass is 9.93. The van der Waals surface area contributed by atoms with Crippen LogP contribution in [0.25, 0.3) is 0 Å². The summed E-state index contributed by atoms with van der Waals surface area (Å²) < 4.78 is 16.4. The van der Waals surface area contributed by atoms with Gasteiger partial charge in [0.05, 0.1) is 32.4 Å². The van der Waals surface area contributed by atoms with Crippen LogP contribution in [0.3, 0.4) is 0 Å². The molecular weight excluding hydrogens is 512 g/mol. The maximum absolute atomic E-state index is 13.4. The Balaban J connectivity index is 1.64. The molecule has 0 saturated carbocycles. The highest BCUT2D eigenvalue weighted by Gasteiger charge is 2.39. The first-order chi connectivity index (χ1) is 19.2. The van der Waals surface area contributed by atoms with Crippen molar-refractivity contribution in [2.45, 2.75) is 32.9 Å². The van der Waals surface area contributed by atoms with Gasteiger partial charge in [-0.25, -0.2) is 9.59 Å². The predicted octanol–water partition coefficient (Wildman–Crippen LogP) is 3.37. The topological polar surface area (TPSA) is 101 Å². The summed E-state index contributed by atoms with van der Waals surface area (Å²) in [5.41, 5.74) is 3.28. The van der Waals surface area contributed by atoms with Gasteiger partial charge in [-0.15, -0.1) is 0 Å². The second-order valence-corrected chi connectivity index (χ2v) is 10.1. The van der Waals surface area contributed by atoms with Crippen molar-refractivity contribution >= 4 is 17.9 Å². The third kappa shape index (κ3) is 5.91. The van der Waals surface area contributed by atoms with Crippen molar-refractivity contribution in [3.63, 3.8) is 0 Å². The Morgan fingerprint density at radius 1 is 1.05 bits per heavy atom. The Hall–Kier alpha value is -4.05. The molecule has 0 aromatic heterocycles. The number of rotatable bonds is 8. The normalized spacial score (nSPS) is 19.8. The van der Waals surface area contributed by atoms with E-state index >= 15 is 0 Å². The van der Waals surface area contributed by atoms with Crippen molar-refractivity contribution in [2.75, 3.05) is 54.1 Å². The Bertz CT molecular complexity index is 1290. The van der Waals surface area contributed by atoms with Gasteiger partial charge in [-0.05, 0) is 45.0 Å². The number of hydrogen-bond donors (Lipinski definition) is 1. The summed E-state index contributed by atoms with van der Waals surface area (Å²) in [6, 6.07) is 11.7. The third-order valence-electron chi connectivity index (χ3n) is 7.47. The molecule has 0 radical (unpaired) electrons. The number of carbonyl (C=O) groups is 3. The lowest BCUT2D eigenvalue weighted by molar-refractivity contribution is -0.139. The fourth-order valence-corrected chi connectivity index (χ4v) is 5.24. The SMILES string of the molecule is CCOC(=O)C1=C(CN2CCN(C(=O)c3ccc(C)cc3)C(C)C2)N(C)C(=O)NC1c1ccc(OC)cc1OC. The van der Waals surface area contributed by atoms with Gasteiger partial charge in [0, 0.05) is 62.2 Å². The number of esters is 1. The summed E-state index contributed by atoms with van der Waals surface area (Å²) in [5, 5.41) is 2.94. The molecule has 4 rings (SSSR count). The number of methoxy groups -OCH3 is 2. The summed E-state index contributed by atoms with van der Waals surface area (Å²) in [4.78, 5) is 45.3. The second kappa shape index (κ2) is 12.4. The number of aryl methyl sites for hydroxylation is 1. The molecule has 10 nitrogen and oxygen atoms in total. The van der Waals surface area contributed by atoms with Crippen molar-refractivity contribution in [1.29, 1.82) is 0 Å². The molecule has 2 aromatic rings. The van der Waals surface area contributed by atoms with E-state index < -0.39 is 12.0 Å². The zero-order chi connectivity index (χ0) is 29.0. The van der Waals surface area contributed by atoms with E-state index in [1.807, 2.05) is 43.0 Å². The van der Waals surface area contributed by atoms with Crippen molar-refractivity contribution < 1.29 is 28.6 Å². The first-order valence-electron chi connectivity index (χ1n) is 13.4. The minimum atomic E-state index is -0.777. The van der Waals surface area contributed by atoms with Gasteiger partial charge in [-0.3, -0.25) is 14.6 Å². The van der Waals surface area contributed by atoms with E-state index in [0.717, 1.165) is 5.56 Å². The fraction of sp³-hybridized carbons (Fsp3) is 0.433. The molecule has 1 fully saturated rings. The van der Waals surface area contributed by atoms with Gasteiger partial charge in [0.15, 0.2) is 0 Å². The average molecular weight is 551 g/mol. The number of ether oxygens (including phenoxy) is 3. The first-order valence-corrected chi connectivity index (χ1v) is 13.4. The Labute approximate surface area is 235 Å². The molecule has 10 heteroatoms. The highest BCUT2D eigenvalue weighted by molar-refractivity contribution is 5.96. The first kappa shape index (κ1) is 28.9. The monoisotopic (exact) mass is 550 g/mol. The molecule has 2 aliphatic heterocycles. The van der Waals surface area contributed by atoms with E-state index in [1.54, 1.807) is 39.3 Å². The van der Waals surface area contributed by atoms with Gasteiger partial charge >= 0.3 is 12.0 Å². The van der Waals surface area contributed by atoms with E-state index in [4.69, 9.17) is 14.2 Å². The minimum absolute atomic E-state index is 0.000551. The van der Waals surface area contributed by atoms with Gasteiger partial charge in [0.25, 0.3) is 5.91 Å². The molecule has 0 aliphatic carbocycles. The Kier molecular flexibility index (Phi) is 8.99. The molecule has 214 valence electrons. The predicted molar refractivity (Wildman–Crippen MR) is 150 cm³/mol. The zero-order valence-electron chi connectivity index (χ0n) is 24.0. The highest BCUT2D eigenvalue weighted by atomic mass is 16.5. The van der Waals surface area contributed by atoms with Gasteiger partial charge in [-0.2, -0.15) is 0 Å². The van der Waals surface area contributed by atoms with Crippen LogP contribution >= 0.6 is 0 Å². The number of nitrogens with one attached hydrogen (secondary N) is 1. The highest BCUT2D eigenvalue weighted by Crippen LogP contribution is 2.37. The number of hydrogen-bond acceptors (Lipinski definition) is 7. The van der Waals surface area contributed by atoms with Gasteiger partial charge in [0.2, 0.25) is 0 Å². The van der Waals surface area contributed by atoms with Crippen molar-refractivity contribution in [3.05, 3.63) is 70.4 Å². The molecule has 40 heavy (non-hydrogen) atoms. The summed E-state index contributed by atoms with van der Waals surface area (Å²) in [5.74, 6) is 0.564. The largest absolute Gasteiger partial charge is 0.497 e. The number of piperazine rings is 1. The van der Waals surface area contributed by atoms with E-state index in [9.17, 15) is 14.4 Å². The molecule has 1 saturated heterocycles. The molecule has 3 amide bonds. The molecule has 0 spiro atoms. The van der Waals surface area contributed by atoms with E-state index in [2.05, 4.69) is 10.2 Å². The number of nitrogens with zero attached hydrogens (tertiary/aromatic N) is 3. The maximum Gasteiger partial charge on any atom is 0.338 e. The van der Waals surface area contributed by atoms with Crippen LogP contribution in [-0.2, 0) is 9.53 Å². The molecule has 2 atom stereocenters. The summed E-state index contributed by atoms with van der Waals surface area (Å²) in [6.07, 6.45) is 0. The van der Waals surface area contributed by atoms with Crippen LogP contribution in [0.5, 0.6) is 11.5 Å². The van der Waals surface area contributed by atoms with E-state index in [1.165, 1.54) is 12.0 Å². The van der Waals surface area contributed by atoms with Gasteiger partial charge < -0.3 is 24.4 Å². The van der Waals surface area contributed by atoms with Crippen molar-refractivity contribution in [1.82, 2.24) is 20.0 Å². The molecule has 2 aliphatic rings. The number of benzene rings is 2. The number of likely N-dealkylation sites (N-methyl/N-ethyl adjacent to an activating group) is 1.